The molecule has 7 heteroatoms. The van der Waals surface area contributed by atoms with Gasteiger partial charge >= 0.3 is 0 Å². The largest absolute Gasteiger partial charge is 0.454 e. The van der Waals surface area contributed by atoms with E-state index in [4.69, 9.17) is 25.5 Å². The topological polar surface area (TPSA) is 69.0 Å². The van der Waals surface area contributed by atoms with Gasteiger partial charge in [-0.05, 0) is 72.5 Å². The summed E-state index contributed by atoms with van der Waals surface area (Å²) in [7, 11) is 0. The third-order valence-corrected chi connectivity index (χ3v) is 6.77. The van der Waals surface area contributed by atoms with Gasteiger partial charge in [-0.15, -0.1) is 0 Å². The highest BCUT2D eigenvalue weighted by Gasteiger charge is 2.43. The number of benzene rings is 3. The van der Waals surface area contributed by atoms with Crippen molar-refractivity contribution >= 4 is 28.5 Å². The van der Waals surface area contributed by atoms with E-state index in [2.05, 4.69) is 0 Å². The molecule has 6 rings (SSSR count). The maximum Gasteiger partial charge on any atom is 0.291 e. The molecule has 1 unspecified atom stereocenters. The van der Waals surface area contributed by atoms with Crippen molar-refractivity contribution in [1.82, 2.24) is 4.90 Å². The van der Waals surface area contributed by atoms with Crippen LogP contribution in [0.2, 0.25) is 5.02 Å². The normalized spacial score (nSPS) is 16.4. The molecule has 3 aromatic carbocycles. The summed E-state index contributed by atoms with van der Waals surface area (Å²) in [4.78, 5) is 29.0. The summed E-state index contributed by atoms with van der Waals surface area (Å²) in [5, 5.41) is 0.990. The Bertz CT molecular complexity index is 1560. The van der Waals surface area contributed by atoms with Gasteiger partial charge in [-0.3, -0.25) is 9.59 Å². The molecule has 170 valence electrons. The molecule has 6 nitrogen and oxygen atoms in total. The molecule has 0 bridgehead atoms. The van der Waals surface area contributed by atoms with E-state index in [-0.39, 0.29) is 30.4 Å². The van der Waals surface area contributed by atoms with Gasteiger partial charge in [0.2, 0.25) is 12.6 Å². The zero-order chi connectivity index (χ0) is 23.6. The summed E-state index contributed by atoms with van der Waals surface area (Å²) in [6, 6.07) is 15.8. The minimum Gasteiger partial charge on any atom is -0.454 e. The molecule has 0 fully saturated rings. The minimum atomic E-state index is -0.631. The van der Waals surface area contributed by atoms with Crippen molar-refractivity contribution < 1.29 is 18.7 Å². The Kier molecular flexibility index (Phi) is 4.67. The van der Waals surface area contributed by atoms with E-state index >= 15 is 0 Å². The zero-order valence-electron chi connectivity index (χ0n) is 18.6. The van der Waals surface area contributed by atoms with Crippen molar-refractivity contribution in [1.29, 1.82) is 0 Å². The molecule has 0 saturated heterocycles. The third kappa shape index (κ3) is 3.17. The quantitative estimate of drug-likeness (QED) is 0.391. The Morgan fingerprint density at radius 3 is 2.59 bits per heavy atom. The van der Waals surface area contributed by atoms with E-state index in [0.29, 0.717) is 33.1 Å². The number of halogens is 1. The number of amides is 1. The molecule has 1 amide bonds. The highest BCUT2D eigenvalue weighted by molar-refractivity contribution is 6.30. The molecular formula is C27H20ClNO5. The summed E-state index contributed by atoms with van der Waals surface area (Å²) in [5.41, 5.74) is 4.12. The van der Waals surface area contributed by atoms with Crippen LogP contribution in [0.3, 0.4) is 0 Å². The molecule has 0 saturated carbocycles. The van der Waals surface area contributed by atoms with Crippen LogP contribution in [0.1, 0.15) is 44.4 Å². The van der Waals surface area contributed by atoms with Gasteiger partial charge in [-0.25, -0.2) is 0 Å². The molecule has 1 aromatic heterocycles. The predicted octanol–water partition coefficient (Wildman–Crippen LogP) is 5.54. The molecule has 0 radical (unpaired) electrons. The molecular weight excluding hydrogens is 454 g/mol. The van der Waals surface area contributed by atoms with Crippen molar-refractivity contribution in [2.45, 2.75) is 26.4 Å². The number of rotatable bonds is 3. The van der Waals surface area contributed by atoms with Crippen LogP contribution in [0.15, 0.2) is 63.8 Å². The van der Waals surface area contributed by atoms with Gasteiger partial charge in [-0.2, -0.15) is 0 Å². The summed E-state index contributed by atoms with van der Waals surface area (Å²) in [5.74, 6) is 1.04. The number of ether oxygens (including phenoxy) is 2. The molecule has 3 heterocycles. The first kappa shape index (κ1) is 20.8. The van der Waals surface area contributed by atoms with Crippen molar-refractivity contribution in [2.24, 2.45) is 0 Å². The molecule has 2 aliphatic rings. The number of carbonyl (C=O) groups is 1. The van der Waals surface area contributed by atoms with Gasteiger partial charge in [0.25, 0.3) is 5.91 Å². The average molecular weight is 474 g/mol. The van der Waals surface area contributed by atoms with Gasteiger partial charge in [0.15, 0.2) is 16.9 Å². The fourth-order valence-electron chi connectivity index (χ4n) is 4.70. The Labute approximate surface area is 200 Å². The van der Waals surface area contributed by atoms with E-state index in [9.17, 15) is 9.59 Å². The van der Waals surface area contributed by atoms with Gasteiger partial charge in [0.1, 0.15) is 5.58 Å². The van der Waals surface area contributed by atoms with Crippen molar-refractivity contribution in [3.05, 3.63) is 103 Å². The molecule has 1 atom stereocenters. The van der Waals surface area contributed by atoms with Crippen molar-refractivity contribution in [3.63, 3.8) is 0 Å². The highest BCUT2D eigenvalue weighted by Crippen LogP contribution is 2.41. The van der Waals surface area contributed by atoms with Crippen LogP contribution >= 0.6 is 11.6 Å². The lowest BCUT2D eigenvalue weighted by Crippen LogP contribution is -2.29. The van der Waals surface area contributed by atoms with E-state index in [1.807, 2.05) is 56.3 Å². The molecule has 0 aliphatic carbocycles. The number of carbonyl (C=O) groups excluding carboxylic acids is 1. The first-order chi connectivity index (χ1) is 16.4. The smallest absolute Gasteiger partial charge is 0.291 e. The number of aryl methyl sites for hydroxylation is 2. The fourth-order valence-corrected chi connectivity index (χ4v) is 4.90. The van der Waals surface area contributed by atoms with Gasteiger partial charge in [-0.1, -0.05) is 29.8 Å². The Morgan fingerprint density at radius 2 is 1.76 bits per heavy atom. The highest BCUT2D eigenvalue weighted by atomic mass is 35.5. The Balaban J connectivity index is 1.54. The summed E-state index contributed by atoms with van der Waals surface area (Å²) >= 11 is 6.30. The fraction of sp³-hybridized carbons (Fsp3) is 0.185. The van der Waals surface area contributed by atoms with Crippen molar-refractivity contribution in [2.75, 3.05) is 6.79 Å². The maximum absolute atomic E-state index is 13.7. The number of fused-ring (bicyclic) bond motifs is 3. The van der Waals surface area contributed by atoms with Crippen LogP contribution in [0, 0.1) is 13.8 Å². The Morgan fingerprint density at radius 1 is 0.971 bits per heavy atom. The lowest BCUT2D eigenvalue weighted by atomic mass is 9.97. The van der Waals surface area contributed by atoms with Crippen LogP contribution in [-0.2, 0) is 6.54 Å². The van der Waals surface area contributed by atoms with Crippen LogP contribution in [0.5, 0.6) is 11.5 Å². The van der Waals surface area contributed by atoms with Crippen LogP contribution in [-0.4, -0.2) is 17.6 Å². The van der Waals surface area contributed by atoms with Gasteiger partial charge < -0.3 is 18.8 Å². The molecule has 34 heavy (non-hydrogen) atoms. The molecule has 0 spiro atoms. The SMILES string of the molecule is Cc1cc2oc3c(c(=O)c2cc1C)C(c1cccc(Cl)c1)N(Cc1ccc2c(c1)OCO2)C3=O. The van der Waals surface area contributed by atoms with Crippen molar-refractivity contribution in [3.8, 4) is 11.5 Å². The Hall–Kier alpha value is -3.77. The molecule has 0 N–H and O–H groups in total. The van der Waals surface area contributed by atoms with E-state index < -0.39 is 6.04 Å². The monoisotopic (exact) mass is 473 g/mol. The van der Waals surface area contributed by atoms with Crippen LogP contribution < -0.4 is 14.9 Å². The second kappa shape index (κ2) is 7.64. The third-order valence-electron chi connectivity index (χ3n) is 6.54. The second-order valence-electron chi connectivity index (χ2n) is 8.68. The summed E-state index contributed by atoms with van der Waals surface area (Å²) in [6.07, 6.45) is 0. The average Bonchev–Trinajstić information content (AvgIpc) is 3.38. The van der Waals surface area contributed by atoms with Gasteiger partial charge in [0.05, 0.1) is 17.0 Å². The summed E-state index contributed by atoms with van der Waals surface area (Å²) in [6.45, 7) is 4.32. The number of nitrogens with zero attached hydrogens (tertiary/aromatic N) is 1. The predicted molar refractivity (Wildman–Crippen MR) is 128 cm³/mol. The minimum absolute atomic E-state index is 0.0754. The first-order valence-corrected chi connectivity index (χ1v) is 11.3. The second-order valence-corrected chi connectivity index (χ2v) is 9.12. The maximum atomic E-state index is 13.7. The lowest BCUT2D eigenvalue weighted by molar-refractivity contribution is 0.0714. The molecule has 4 aromatic rings. The van der Waals surface area contributed by atoms with E-state index in [1.54, 1.807) is 17.0 Å². The summed E-state index contributed by atoms with van der Waals surface area (Å²) < 4.78 is 17.0. The van der Waals surface area contributed by atoms with E-state index in [0.717, 1.165) is 22.3 Å². The standard InChI is InChI=1S/C27H20ClNO5/c1-14-8-19-21(9-15(14)2)34-26-23(25(19)30)24(17-4-3-5-18(28)11-17)29(27(26)31)12-16-6-7-20-22(10-16)33-13-32-20/h3-11,24H,12-13H2,1-2H3. The van der Waals surface area contributed by atoms with Gasteiger partial charge in [0, 0.05) is 11.6 Å². The lowest BCUT2D eigenvalue weighted by Gasteiger charge is -2.25. The van der Waals surface area contributed by atoms with E-state index in [1.165, 1.54) is 0 Å². The number of hydrogen-bond acceptors (Lipinski definition) is 5. The van der Waals surface area contributed by atoms with Crippen LogP contribution in [0.25, 0.3) is 11.0 Å². The number of hydrogen-bond donors (Lipinski definition) is 0. The first-order valence-electron chi connectivity index (χ1n) is 10.9. The zero-order valence-corrected chi connectivity index (χ0v) is 19.3. The van der Waals surface area contributed by atoms with Crippen LogP contribution in [0.4, 0.5) is 0 Å². The molecule has 2 aliphatic heterocycles.